The van der Waals surface area contributed by atoms with E-state index in [1.165, 1.54) is 18.3 Å². The molecule has 0 saturated heterocycles. The van der Waals surface area contributed by atoms with E-state index in [1.54, 1.807) is 36.4 Å². The quantitative estimate of drug-likeness (QED) is 0.166. The molecule has 0 bridgehead atoms. The fourth-order valence-corrected chi connectivity index (χ4v) is 3.60. The Balaban J connectivity index is 1.69. The monoisotopic (exact) mass is 512 g/mol. The van der Waals surface area contributed by atoms with Gasteiger partial charge in [-0.2, -0.15) is 5.10 Å². The minimum absolute atomic E-state index is 0.00694. The predicted octanol–water partition coefficient (Wildman–Crippen LogP) is 6.67. The van der Waals surface area contributed by atoms with E-state index in [9.17, 15) is 9.59 Å². The van der Waals surface area contributed by atoms with Crippen molar-refractivity contribution in [3.05, 3.63) is 93.0 Å². The molecule has 1 N–H and O–H groups in total. The number of amides is 1. The van der Waals surface area contributed by atoms with Crippen molar-refractivity contribution >= 4 is 41.3 Å². The lowest BCUT2D eigenvalue weighted by Crippen LogP contribution is -2.18. The van der Waals surface area contributed by atoms with Crippen LogP contribution in [0.2, 0.25) is 10.0 Å². The van der Waals surface area contributed by atoms with Crippen molar-refractivity contribution in [3.63, 3.8) is 0 Å². The number of carbonyl (C=O) groups is 2. The van der Waals surface area contributed by atoms with Crippen molar-refractivity contribution in [1.82, 2.24) is 5.43 Å². The molecule has 0 atom stereocenters. The Morgan fingerprint density at radius 3 is 2.31 bits per heavy atom. The van der Waals surface area contributed by atoms with Gasteiger partial charge >= 0.3 is 5.97 Å². The summed E-state index contributed by atoms with van der Waals surface area (Å²) in [6.07, 6.45) is 1.48. The van der Waals surface area contributed by atoms with Crippen LogP contribution in [0.15, 0.2) is 65.8 Å². The molecule has 6 nitrogen and oxygen atoms in total. The molecule has 3 aromatic carbocycles. The first-order valence-corrected chi connectivity index (χ1v) is 11.7. The molecule has 0 aliphatic heterocycles. The molecule has 0 aromatic heterocycles. The molecular formula is C27H26Cl2N2O4. The van der Waals surface area contributed by atoms with Gasteiger partial charge in [0.1, 0.15) is 0 Å². The van der Waals surface area contributed by atoms with Gasteiger partial charge in [-0.25, -0.2) is 10.2 Å². The third kappa shape index (κ3) is 7.07. The normalized spacial score (nSPS) is 11.4. The first-order valence-electron chi connectivity index (χ1n) is 11.0. The first kappa shape index (κ1) is 26.3. The maximum atomic E-state index is 12.6. The molecule has 1 amide bonds. The summed E-state index contributed by atoms with van der Waals surface area (Å²) < 4.78 is 11.1. The molecule has 8 heteroatoms. The van der Waals surface area contributed by atoms with Crippen LogP contribution in [0.4, 0.5) is 0 Å². The van der Waals surface area contributed by atoms with Crippen molar-refractivity contribution < 1.29 is 19.1 Å². The van der Waals surface area contributed by atoms with Gasteiger partial charge < -0.3 is 9.47 Å². The van der Waals surface area contributed by atoms with Crippen LogP contribution in [-0.2, 0) is 5.41 Å². The van der Waals surface area contributed by atoms with Gasteiger partial charge in [0.2, 0.25) is 0 Å². The Bertz CT molecular complexity index is 1250. The highest BCUT2D eigenvalue weighted by Crippen LogP contribution is 2.30. The van der Waals surface area contributed by atoms with Crippen molar-refractivity contribution in [1.29, 1.82) is 0 Å². The van der Waals surface area contributed by atoms with Crippen molar-refractivity contribution in [2.75, 3.05) is 6.61 Å². The van der Waals surface area contributed by atoms with E-state index in [-0.39, 0.29) is 27.7 Å². The molecule has 3 aromatic rings. The third-order valence-electron chi connectivity index (χ3n) is 5.01. The number of rotatable bonds is 7. The van der Waals surface area contributed by atoms with E-state index in [1.807, 2.05) is 19.1 Å². The number of ether oxygens (including phenoxy) is 2. The summed E-state index contributed by atoms with van der Waals surface area (Å²) in [5, 5.41) is 4.63. The van der Waals surface area contributed by atoms with Gasteiger partial charge in [0.15, 0.2) is 11.5 Å². The van der Waals surface area contributed by atoms with Crippen LogP contribution in [0.3, 0.4) is 0 Å². The summed E-state index contributed by atoms with van der Waals surface area (Å²) in [5.41, 5.74) is 4.99. The summed E-state index contributed by atoms with van der Waals surface area (Å²) in [6, 6.07) is 16.9. The number of hydrazone groups is 1. The zero-order chi connectivity index (χ0) is 25.6. The maximum Gasteiger partial charge on any atom is 0.345 e. The van der Waals surface area contributed by atoms with E-state index in [2.05, 4.69) is 31.3 Å². The van der Waals surface area contributed by atoms with Crippen LogP contribution in [0.1, 0.15) is 59.5 Å². The fourth-order valence-electron chi connectivity index (χ4n) is 3.12. The van der Waals surface area contributed by atoms with Crippen LogP contribution in [0.25, 0.3) is 0 Å². The van der Waals surface area contributed by atoms with Crippen LogP contribution in [0, 0.1) is 0 Å². The average molecular weight is 513 g/mol. The van der Waals surface area contributed by atoms with Crippen LogP contribution in [-0.4, -0.2) is 24.7 Å². The van der Waals surface area contributed by atoms with Crippen LogP contribution in [0.5, 0.6) is 11.5 Å². The molecule has 0 spiro atoms. The minimum atomic E-state index is -0.640. The Morgan fingerprint density at radius 1 is 0.971 bits per heavy atom. The number of hydrogen-bond acceptors (Lipinski definition) is 5. The molecular weight excluding hydrogens is 487 g/mol. The fraction of sp³-hybridized carbons (Fsp3) is 0.222. The number of nitrogens with zero attached hydrogens (tertiary/aromatic N) is 1. The largest absolute Gasteiger partial charge is 0.490 e. The van der Waals surface area contributed by atoms with Crippen molar-refractivity contribution in [2.45, 2.75) is 33.1 Å². The predicted molar refractivity (Wildman–Crippen MR) is 139 cm³/mol. The molecule has 35 heavy (non-hydrogen) atoms. The highest BCUT2D eigenvalue weighted by molar-refractivity contribution is 6.36. The zero-order valence-electron chi connectivity index (χ0n) is 19.9. The van der Waals surface area contributed by atoms with Gasteiger partial charge in [0.25, 0.3) is 5.91 Å². The standard InChI is InChI=1S/C27H26Cl2N2O4/c1-5-34-24-14-17(6-13-23(24)35-26(33)21-12-11-20(28)15-22(21)29)16-30-31-25(32)18-7-9-19(10-8-18)27(2,3)4/h6-16H,5H2,1-4H3,(H,31,32)/b30-16+. The number of hydrogen-bond donors (Lipinski definition) is 1. The topological polar surface area (TPSA) is 77.0 Å². The molecule has 0 radical (unpaired) electrons. The molecule has 182 valence electrons. The number of benzene rings is 3. The highest BCUT2D eigenvalue weighted by Gasteiger charge is 2.17. The highest BCUT2D eigenvalue weighted by atomic mass is 35.5. The molecule has 0 fully saturated rings. The van der Waals surface area contributed by atoms with Gasteiger partial charge in [0.05, 0.1) is 23.4 Å². The van der Waals surface area contributed by atoms with E-state index < -0.39 is 5.97 Å². The van der Waals surface area contributed by atoms with E-state index in [0.717, 1.165) is 5.56 Å². The Morgan fingerprint density at radius 2 is 1.69 bits per heavy atom. The lowest BCUT2D eigenvalue weighted by Gasteiger charge is -2.18. The van der Waals surface area contributed by atoms with Crippen molar-refractivity contribution in [2.24, 2.45) is 5.10 Å². The smallest absolute Gasteiger partial charge is 0.345 e. The molecule has 0 saturated carbocycles. The van der Waals surface area contributed by atoms with E-state index in [4.69, 9.17) is 32.7 Å². The Kier molecular flexibility index (Phi) is 8.54. The molecule has 0 aliphatic rings. The second-order valence-electron chi connectivity index (χ2n) is 8.68. The first-order chi connectivity index (χ1) is 16.6. The minimum Gasteiger partial charge on any atom is -0.490 e. The zero-order valence-corrected chi connectivity index (χ0v) is 21.4. The third-order valence-corrected chi connectivity index (χ3v) is 5.56. The summed E-state index contributed by atoms with van der Waals surface area (Å²) in [6.45, 7) is 8.51. The second-order valence-corrected chi connectivity index (χ2v) is 9.52. The SMILES string of the molecule is CCOc1cc(/C=N/NC(=O)c2ccc(C(C)(C)C)cc2)ccc1OC(=O)c1ccc(Cl)cc1Cl. The lowest BCUT2D eigenvalue weighted by atomic mass is 9.87. The summed E-state index contributed by atoms with van der Waals surface area (Å²) in [7, 11) is 0. The molecule has 0 aliphatic carbocycles. The van der Waals surface area contributed by atoms with Gasteiger partial charge in [-0.05, 0) is 72.0 Å². The summed E-state index contributed by atoms with van der Waals surface area (Å²) in [5.74, 6) is -0.391. The van der Waals surface area contributed by atoms with Crippen molar-refractivity contribution in [3.8, 4) is 11.5 Å². The Labute approximate surface area is 214 Å². The molecule has 0 heterocycles. The van der Waals surface area contributed by atoms with E-state index >= 15 is 0 Å². The summed E-state index contributed by atoms with van der Waals surface area (Å²) >= 11 is 12.0. The van der Waals surface area contributed by atoms with Gasteiger partial charge in [-0.1, -0.05) is 56.1 Å². The number of halogens is 2. The number of esters is 1. The van der Waals surface area contributed by atoms with Gasteiger partial charge in [-0.3, -0.25) is 4.79 Å². The summed E-state index contributed by atoms with van der Waals surface area (Å²) in [4.78, 5) is 25.0. The molecule has 3 rings (SSSR count). The molecule has 0 unspecified atom stereocenters. The lowest BCUT2D eigenvalue weighted by molar-refractivity contribution is 0.0728. The van der Waals surface area contributed by atoms with Gasteiger partial charge in [-0.15, -0.1) is 0 Å². The number of nitrogens with one attached hydrogen (secondary N) is 1. The van der Waals surface area contributed by atoms with Crippen LogP contribution >= 0.6 is 23.2 Å². The van der Waals surface area contributed by atoms with Gasteiger partial charge in [0, 0.05) is 10.6 Å². The Hall–Kier alpha value is -3.35. The maximum absolute atomic E-state index is 12.6. The average Bonchev–Trinajstić information content (AvgIpc) is 2.80. The second kappa shape index (κ2) is 11.4. The van der Waals surface area contributed by atoms with E-state index in [0.29, 0.717) is 28.5 Å². The number of carbonyl (C=O) groups excluding carboxylic acids is 2. The van der Waals surface area contributed by atoms with Crippen LogP contribution < -0.4 is 14.9 Å².